The first kappa shape index (κ1) is 16.2. The molecule has 0 amide bonds. The number of hydrogen-bond acceptors (Lipinski definition) is 8. The molecule has 3 rings (SSSR count). The maximum absolute atomic E-state index is 8.80. The fourth-order valence-corrected chi connectivity index (χ4v) is 2.32. The minimum atomic E-state index is -5.11. The first-order valence-electron chi connectivity index (χ1n) is 3.91. The van der Waals surface area contributed by atoms with Crippen molar-refractivity contribution in [1.82, 2.24) is 0 Å². The molecule has 82 valence electrons. The smallest absolute Gasteiger partial charge is 0.828 e. The van der Waals surface area contributed by atoms with Gasteiger partial charge in [-0.05, 0) is 6.42 Å². The van der Waals surface area contributed by atoms with Gasteiger partial charge >= 0.3 is 38.2 Å². The molecule has 4 N–H and O–H groups in total. The maximum atomic E-state index is 8.80. The Bertz CT molecular complexity index is 193. The largest absolute Gasteiger partial charge is 2.00 e. The van der Waals surface area contributed by atoms with E-state index in [0.717, 1.165) is 6.42 Å². The van der Waals surface area contributed by atoms with Crippen molar-refractivity contribution >= 4 is 47.3 Å². The van der Waals surface area contributed by atoms with Crippen LogP contribution in [0.3, 0.4) is 0 Å². The summed E-state index contributed by atoms with van der Waals surface area (Å²) in [4.78, 5) is 31.8. The Kier molecular flexibility index (Phi) is 6.14. The van der Waals surface area contributed by atoms with Gasteiger partial charge in [-0.25, -0.2) is 0 Å². The van der Waals surface area contributed by atoms with Crippen LogP contribution >= 0.6 is 0 Å². The summed E-state index contributed by atoms with van der Waals surface area (Å²) < 4.78 is 15.4. The molecule has 1 unspecified atom stereocenters. The van der Waals surface area contributed by atoms with Crippen LogP contribution in [0.15, 0.2) is 0 Å². The second-order valence-electron chi connectivity index (χ2n) is 2.81. The van der Waals surface area contributed by atoms with Crippen LogP contribution in [-0.2, 0) is 11.4 Å². The quantitative estimate of drug-likeness (QED) is 0.422. The third-order valence-corrected chi connectivity index (χ3v) is 3.24. The van der Waals surface area contributed by atoms with Gasteiger partial charge in [0.05, 0.1) is 6.04 Å². The normalized spacial score (nSPS) is 22.4. The predicted molar refractivity (Wildman–Crippen MR) is 46.0 cm³/mol. The van der Waals surface area contributed by atoms with E-state index in [4.69, 9.17) is 36.3 Å². The average molecular weight is 263 g/mol. The molecule has 3 heterocycles. The molecule has 0 aromatic rings. The first-order chi connectivity index (χ1) is 6.27. The minimum Gasteiger partial charge on any atom is -0.828 e. The summed E-state index contributed by atoms with van der Waals surface area (Å²) in [5.41, 5.74) is 5.60. The molecule has 0 aromatic heterocycles. The van der Waals surface area contributed by atoms with E-state index < -0.39 is 30.2 Å². The number of hydrogen-bond donors (Lipinski definition) is 3. The monoisotopic (exact) mass is 263 g/mol. The van der Waals surface area contributed by atoms with Gasteiger partial charge in [0.1, 0.15) is 9.05 Å². The zero-order valence-corrected chi connectivity index (χ0v) is 11.7. The molecule has 2 bridgehead atoms. The Balaban J connectivity index is 0.000000289. The molecule has 0 spiro atoms. The summed E-state index contributed by atoms with van der Waals surface area (Å²) in [5.74, 6) is -0.786. The van der Waals surface area contributed by atoms with Crippen molar-refractivity contribution in [3.8, 4) is 0 Å². The molecule has 11 heteroatoms. The molecule has 0 aromatic carbocycles. The molecule has 15 heavy (non-hydrogen) atoms. The van der Waals surface area contributed by atoms with Gasteiger partial charge in [0.15, 0.2) is 0 Å². The first-order valence-corrected chi connectivity index (χ1v) is 7.04. The van der Waals surface area contributed by atoms with Crippen molar-refractivity contribution in [3.05, 3.63) is 0 Å². The summed E-state index contributed by atoms with van der Waals surface area (Å²) in [7, 11) is -5.11. The van der Waals surface area contributed by atoms with Crippen LogP contribution < -0.4 is 15.3 Å². The molecule has 8 nitrogen and oxygen atoms in total. The Morgan fingerprint density at radius 3 is 1.80 bits per heavy atom. The van der Waals surface area contributed by atoms with Gasteiger partial charge in [-0.2, -0.15) is 0 Å². The predicted octanol–water partition coefficient (Wildman–Crippen LogP) is -4.81. The third kappa shape index (κ3) is 4.52. The molecule has 3 fully saturated rings. The second kappa shape index (κ2) is 5.69. The number of rotatable bonds is 2. The van der Waals surface area contributed by atoms with Crippen molar-refractivity contribution in [2.24, 2.45) is 5.73 Å². The molecular formula is C4H10AlMgNO7Si. The summed E-state index contributed by atoms with van der Waals surface area (Å²) in [6.45, 7) is 1.97. The fraction of sp³-hybridized carbons (Fsp3) is 1.00. The van der Waals surface area contributed by atoms with Crippen LogP contribution in [0.1, 0.15) is 13.3 Å². The van der Waals surface area contributed by atoms with E-state index in [2.05, 4.69) is 0 Å². The van der Waals surface area contributed by atoms with Crippen molar-refractivity contribution in [3.63, 3.8) is 0 Å². The summed E-state index contributed by atoms with van der Waals surface area (Å²) in [6.07, 6.45) is 0.821. The average Bonchev–Trinajstić information content (AvgIpc) is 1.76. The zero-order chi connectivity index (χ0) is 11.0. The Hall–Kier alpha value is 1.20. The summed E-state index contributed by atoms with van der Waals surface area (Å²) >= 11 is -1.54. The van der Waals surface area contributed by atoms with Crippen molar-refractivity contribution in [2.75, 3.05) is 0 Å². The van der Waals surface area contributed by atoms with Crippen LogP contribution in [0.25, 0.3) is 0 Å². The third-order valence-electron chi connectivity index (χ3n) is 1.68. The van der Waals surface area contributed by atoms with Crippen molar-refractivity contribution < 1.29 is 30.5 Å². The van der Waals surface area contributed by atoms with Gasteiger partial charge in [0.2, 0.25) is 5.97 Å². The van der Waals surface area contributed by atoms with Gasteiger partial charge in [0.25, 0.3) is 0 Å². The van der Waals surface area contributed by atoms with E-state index >= 15 is 0 Å². The Labute approximate surface area is 109 Å². The van der Waals surface area contributed by atoms with E-state index in [1.165, 1.54) is 0 Å². The molecule has 3 aliphatic heterocycles. The van der Waals surface area contributed by atoms with Crippen molar-refractivity contribution in [2.45, 2.75) is 25.4 Å². The number of nitrogens with two attached hydrogens (primary N) is 1. The van der Waals surface area contributed by atoms with E-state index in [1.54, 1.807) is 0 Å². The van der Waals surface area contributed by atoms with Gasteiger partial charge in [-0.3, -0.25) is 0 Å². The van der Waals surface area contributed by atoms with E-state index in [-0.39, 0.29) is 29.1 Å². The molecule has 0 aliphatic carbocycles. The van der Waals surface area contributed by atoms with Crippen molar-refractivity contribution in [1.29, 1.82) is 0 Å². The van der Waals surface area contributed by atoms with Crippen LogP contribution in [-0.4, -0.2) is 68.9 Å². The Morgan fingerprint density at radius 2 is 1.73 bits per heavy atom. The second-order valence-corrected chi connectivity index (χ2v) is 5.19. The molecule has 3 saturated heterocycles. The standard InChI is InChI=1S/C4H8NO3.Al.Mg.H2O4Si/c1-2-3(5)4(6,7)8;;;1-5(2,3)4/h3H,2,5H2,1H3;;;1-2H/q-3;+3;+2;-2. The van der Waals surface area contributed by atoms with E-state index in [0.29, 0.717) is 0 Å². The fourth-order valence-electron chi connectivity index (χ4n) is 0.941. The Morgan fingerprint density at radius 1 is 1.40 bits per heavy atom. The van der Waals surface area contributed by atoms with Gasteiger partial charge < -0.3 is 36.3 Å². The van der Waals surface area contributed by atoms with Crippen LogP contribution in [0.4, 0.5) is 0 Å². The molecule has 1 atom stereocenters. The molecule has 3 aliphatic rings. The van der Waals surface area contributed by atoms with Crippen LogP contribution in [0.2, 0.25) is 0 Å². The van der Waals surface area contributed by atoms with Gasteiger partial charge in [-0.15, -0.1) is 0 Å². The molecule has 0 radical (unpaired) electrons. The zero-order valence-electron chi connectivity index (χ0n) is 8.08. The molecule has 0 saturated carbocycles. The van der Waals surface area contributed by atoms with E-state index in [9.17, 15) is 0 Å². The van der Waals surface area contributed by atoms with Crippen LogP contribution in [0, 0.1) is 0 Å². The van der Waals surface area contributed by atoms with Gasteiger partial charge in [-0.1, -0.05) is 6.92 Å². The summed E-state index contributed by atoms with van der Waals surface area (Å²) in [5, 5.41) is 0. The molecular weight excluding hydrogens is 253 g/mol. The topological polar surface area (TPSA) is 140 Å². The maximum Gasteiger partial charge on any atom is 2.00 e. The SMILES string of the molecule is CCC(N)C12[O][Al]([O]1)[O]2.[Mg+2].[O-][Si]([O-])(O)O. The van der Waals surface area contributed by atoms with Crippen LogP contribution in [0.5, 0.6) is 0 Å². The summed E-state index contributed by atoms with van der Waals surface area (Å²) in [6, 6.07) is -0.116. The van der Waals surface area contributed by atoms with Gasteiger partial charge in [0, 0.05) is 0 Å². The minimum absolute atomic E-state index is 0. The van der Waals surface area contributed by atoms with E-state index in [1.807, 2.05) is 6.92 Å².